The van der Waals surface area contributed by atoms with Gasteiger partial charge in [-0.25, -0.2) is 4.79 Å². The smallest absolute Gasteiger partial charge is 0.318 e. The highest BCUT2D eigenvalue weighted by Crippen LogP contribution is 2.33. The summed E-state index contributed by atoms with van der Waals surface area (Å²) in [6.45, 7) is 7.42. The van der Waals surface area contributed by atoms with Crippen LogP contribution in [0, 0.1) is 0 Å². The molecule has 1 saturated heterocycles. The van der Waals surface area contributed by atoms with Crippen molar-refractivity contribution in [3.63, 3.8) is 0 Å². The molecule has 1 N–H and O–H groups in total. The molecule has 7 heteroatoms. The van der Waals surface area contributed by atoms with E-state index in [0.717, 1.165) is 47.3 Å². The summed E-state index contributed by atoms with van der Waals surface area (Å²) in [4.78, 5) is 14.4. The molecule has 3 heterocycles. The summed E-state index contributed by atoms with van der Waals surface area (Å²) in [7, 11) is 0. The van der Waals surface area contributed by atoms with Gasteiger partial charge in [0, 0.05) is 18.9 Å². The molecule has 0 aliphatic carbocycles. The Morgan fingerprint density at radius 1 is 1.46 bits per heavy atom. The van der Waals surface area contributed by atoms with Gasteiger partial charge in [-0.2, -0.15) is 0 Å². The maximum absolute atomic E-state index is 12.5. The fourth-order valence-corrected chi connectivity index (χ4v) is 3.68. The summed E-state index contributed by atoms with van der Waals surface area (Å²) in [5, 5.41) is 13.1. The zero-order valence-electron chi connectivity index (χ0n) is 14.4. The second-order valence-corrected chi connectivity index (χ2v) is 7.45. The number of urea groups is 1. The van der Waals surface area contributed by atoms with E-state index in [2.05, 4.69) is 36.3 Å². The zero-order chi connectivity index (χ0) is 17.1. The van der Waals surface area contributed by atoms with E-state index >= 15 is 0 Å². The van der Waals surface area contributed by atoms with Gasteiger partial charge in [-0.15, -0.1) is 10.2 Å². The molecule has 3 rings (SSSR count). The monoisotopic (exact) mass is 348 g/mol. The van der Waals surface area contributed by atoms with Gasteiger partial charge in [-0.1, -0.05) is 32.1 Å². The van der Waals surface area contributed by atoms with Crippen molar-refractivity contribution < 1.29 is 9.21 Å². The highest BCUT2D eigenvalue weighted by molar-refractivity contribution is 7.11. The third-order valence-corrected chi connectivity index (χ3v) is 5.46. The molecule has 0 saturated carbocycles. The second kappa shape index (κ2) is 7.34. The van der Waals surface area contributed by atoms with Crippen molar-refractivity contribution >= 4 is 17.4 Å². The topological polar surface area (TPSA) is 71.3 Å². The van der Waals surface area contributed by atoms with E-state index in [1.54, 1.807) is 11.3 Å². The van der Waals surface area contributed by atoms with Gasteiger partial charge < -0.3 is 14.6 Å². The van der Waals surface area contributed by atoms with Gasteiger partial charge >= 0.3 is 6.03 Å². The van der Waals surface area contributed by atoms with Crippen molar-refractivity contribution in [2.45, 2.75) is 58.5 Å². The Balaban J connectivity index is 1.60. The van der Waals surface area contributed by atoms with Crippen LogP contribution in [0.2, 0.25) is 0 Å². The molecule has 6 nitrogen and oxygen atoms in total. The SMILES string of the molecule is CCc1ccc(C2CCCN2C(=O)NCc2nnc(C(C)C)s2)o1. The first-order valence-corrected chi connectivity index (χ1v) is 9.35. The number of likely N-dealkylation sites (tertiary alicyclic amines) is 1. The molecule has 0 radical (unpaired) electrons. The van der Waals surface area contributed by atoms with Gasteiger partial charge in [0.05, 0.1) is 12.6 Å². The number of nitrogens with zero attached hydrogens (tertiary/aromatic N) is 3. The van der Waals surface area contributed by atoms with E-state index in [1.807, 2.05) is 17.0 Å². The lowest BCUT2D eigenvalue weighted by atomic mass is 10.2. The number of carbonyl (C=O) groups is 1. The summed E-state index contributed by atoms with van der Waals surface area (Å²) >= 11 is 1.56. The van der Waals surface area contributed by atoms with Gasteiger partial charge in [-0.3, -0.25) is 0 Å². The fraction of sp³-hybridized carbons (Fsp3) is 0.588. The minimum absolute atomic E-state index is 0.0333. The summed E-state index contributed by atoms with van der Waals surface area (Å²) in [5.41, 5.74) is 0. The molecule has 1 atom stereocenters. The van der Waals surface area contributed by atoms with Crippen LogP contribution in [0.4, 0.5) is 4.79 Å². The molecule has 0 bridgehead atoms. The molecule has 1 aliphatic rings. The number of amides is 2. The quantitative estimate of drug-likeness (QED) is 0.890. The van der Waals surface area contributed by atoms with Gasteiger partial charge in [0.1, 0.15) is 21.5 Å². The molecular weight excluding hydrogens is 324 g/mol. The summed E-state index contributed by atoms with van der Waals surface area (Å²) in [6, 6.07) is 3.96. The van der Waals surface area contributed by atoms with E-state index in [0.29, 0.717) is 12.5 Å². The number of hydrogen-bond acceptors (Lipinski definition) is 5. The highest BCUT2D eigenvalue weighted by Gasteiger charge is 2.32. The van der Waals surface area contributed by atoms with E-state index in [-0.39, 0.29) is 12.1 Å². The number of aryl methyl sites for hydroxylation is 1. The summed E-state index contributed by atoms with van der Waals surface area (Å²) < 4.78 is 5.85. The van der Waals surface area contributed by atoms with Crippen LogP contribution < -0.4 is 5.32 Å². The van der Waals surface area contributed by atoms with Gasteiger partial charge in [0.25, 0.3) is 0 Å². The molecule has 2 aromatic rings. The average Bonchev–Trinajstić information content (AvgIpc) is 3.31. The number of hydrogen-bond donors (Lipinski definition) is 1. The maximum Gasteiger partial charge on any atom is 0.318 e. The Kier molecular flexibility index (Phi) is 5.18. The van der Waals surface area contributed by atoms with Crippen molar-refractivity contribution in [3.8, 4) is 0 Å². The van der Waals surface area contributed by atoms with E-state index in [4.69, 9.17) is 4.42 Å². The van der Waals surface area contributed by atoms with Crippen molar-refractivity contribution in [1.82, 2.24) is 20.4 Å². The molecule has 2 amide bonds. The molecule has 130 valence electrons. The van der Waals surface area contributed by atoms with Crippen LogP contribution in [0.1, 0.15) is 67.1 Å². The first-order chi connectivity index (χ1) is 11.6. The van der Waals surface area contributed by atoms with Gasteiger partial charge in [-0.05, 0) is 25.0 Å². The number of nitrogens with one attached hydrogen (secondary N) is 1. The number of aromatic nitrogens is 2. The lowest BCUT2D eigenvalue weighted by Crippen LogP contribution is -2.39. The minimum Gasteiger partial charge on any atom is -0.464 e. The van der Waals surface area contributed by atoms with Crippen LogP contribution in [-0.4, -0.2) is 27.7 Å². The first kappa shape index (κ1) is 17.0. The third-order valence-electron chi connectivity index (χ3n) is 4.24. The molecule has 2 aromatic heterocycles. The Hall–Kier alpha value is -1.89. The Labute approximate surface area is 146 Å². The lowest BCUT2D eigenvalue weighted by molar-refractivity contribution is 0.185. The molecular formula is C17H24N4O2S. The number of rotatable bonds is 5. The van der Waals surface area contributed by atoms with Crippen molar-refractivity contribution in [2.75, 3.05) is 6.54 Å². The average molecular weight is 348 g/mol. The van der Waals surface area contributed by atoms with E-state index in [1.165, 1.54) is 0 Å². The standard InChI is InChI=1S/C17H24N4O2S/c1-4-12-7-8-14(23-12)13-6-5-9-21(13)17(22)18-10-15-19-20-16(24-15)11(2)3/h7-8,11,13H,4-6,9-10H2,1-3H3,(H,18,22). The van der Waals surface area contributed by atoms with Gasteiger partial charge in [0.2, 0.25) is 0 Å². The van der Waals surface area contributed by atoms with Crippen LogP contribution in [-0.2, 0) is 13.0 Å². The van der Waals surface area contributed by atoms with Crippen LogP contribution in [0.25, 0.3) is 0 Å². The molecule has 1 fully saturated rings. The van der Waals surface area contributed by atoms with Crippen LogP contribution in [0.15, 0.2) is 16.5 Å². The zero-order valence-corrected chi connectivity index (χ0v) is 15.2. The fourth-order valence-electron chi connectivity index (χ4n) is 2.89. The summed E-state index contributed by atoms with van der Waals surface area (Å²) in [6.07, 6.45) is 2.81. The lowest BCUT2D eigenvalue weighted by Gasteiger charge is -2.23. The predicted molar refractivity (Wildman–Crippen MR) is 93.0 cm³/mol. The molecule has 0 aromatic carbocycles. The minimum atomic E-state index is -0.0618. The largest absolute Gasteiger partial charge is 0.464 e. The van der Waals surface area contributed by atoms with Crippen LogP contribution >= 0.6 is 11.3 Å². The normalized spacial score (nSPS) is 17.7. The maximum atomic E-state index is 12.5. The van der Waals surface area contributed by atoms with E-state index < -0.39 is 0 Å². The van der Waals surface area contributed by atoms with Crippen LogP contribution in [0.3, 0.4) is 0 Å². The number of carbonyl (C=O) groups excluding carboxylic acids is 1. The second-order valence-electron chi connectivity index (χ2n) is 6.36. The first-order valence-electron chi connectivity index (χ1n) is 8.53. The molecule has 24 heavy (non-hydrogen) atoms. The Morgan fingerprint density at radius 2 is 2.29 bits per heavy atom. The molecule has 1 unspecified atom stereocenters. The molecule has 1 aliphatic heterocycles. The Bertz CT molecular complexity index is 694. The van der Waals surface area contributed by atoms with E-state index in [9.17, 15) is 4.79 Å². The number of furan rings is 1. The highest BCUT2D eigenvalue weighted by atomic mass is 32.1. The Morgan fingerprint density at radius 3 is 2.96 bits per heavy atom. The van der Waals surface area contributed by atoms with Gasteiger partial charge in [0.15, 0.2) is 0 Å². The third kappa shape index (κ3) is 3.61. The molecule has 0 spiro atoms. The van der Waals surface area contributed by atoms with Crippen molar-refractivity contribution in [1.29, 1.82) is 0 Å². The van der Waals surface area contributed by atoms with Crippen LogP contribution in [0.5, 0.6) is 0 Å². The van der Waals surface area contributed by atoms with Crippen molar-refractivity contribution in [2.24, 2.45) is 0 Å². The summed E-state index contributed by atoms with van der Waals surface area (Å²) in [5.74, 6) is 2.21. The van der Waals surface area contributed by atoms with Crippen molar-refractivity contribution in [3.05, 3.63) is 33.7 Å². The predicted octanol–water partition coefficient (Wildman–Crippen LogP) is 3.86.